The second-order valence-electron chi connectivity index (χ2n) is 6.09. The van der Waals surface area contributed by atoms with E-state index in [0.717, 1.165) is 9.13 Å². The Hall–Kier alpha value is -1.54. The fourth-order valence-electron chi connectivity index (χ4n) is 2.76. The second kappa shape index (κ2) is 9.51. The van der Waals surface area contributed by atoms with E-state index in [1.165, 1.54) is 0 Å². The lowest BCUT2D eigenvalue weighted by Gasteiger charge is -2.14. The number of nitrogens with zero attached hydrogens (tertiary/aromatic N) is 1. The first-order chi connectivity index (χ1) is 13.8. The van der Waals surface area contributed by atoms with E-state index in [9.17, 15) is 15.2 Å². The number of carbonyl (C=O) groups excluding carboxylic acids is 1. The Morgan fingerprint density at radius 3 is 2.38 bits per heavy atom. The molecule has 0 fully saturated rings. The minimum Gasteiger partial charge on any atom is -0.506 e. The first kappa shape index (κ1) is 22.2. The number of phenols is 1. The number of hydrogen-bond donors (Lipinski definition) is 2. The van der Waals surface area contributed by atoms with Crippen molar-refractivity contribution < 1.29 is 9.90 Å². The Labute approximate surface area is 205 Å². The zero-order valence-electron chi connectivity index (χ0n) is 14.6. The molecule has 3 aromatic carbocycles. The molecule has 2 N–H and O–H groups in total. The normalized spacial score (nSPS) is 11.6. The number of amides is 1. The summed E-state index contributed by atoms with van der Waals surface area (Å²) in [7, 11) is 0. The zero-order chi connectivity index (χ0) is 21.1. The Morgan fingerprint density at radius 1 is 1.07 bits per heavy atom. The second-order valence-corrected chi connectivity index (χ2v) is 9.34. The van der Waals surface area contributed by atoms with Crippen molar-refractivity contribution in [3.05, 3.63) is 88.5 Å². The lowest BCUT2D eigenvalue weighted by Crippen LogP contribution is -2.13. The molecule has 0 aromatic heterocycles. The summed E-state index contributed by atoms with van der Waals surface area (Å²) in [5, 5.41) is 23.5. The van der Waals surface area contributed by atoms with Gasteiger partial charge in [-0.15, -0.1) is 0 Å². The molecule has 8 heteroatoms. The maximum absolute atomic E-state index is 12.6. The zero-order valence-corrected chi connectivity index (χ0v) is 20.4. The number of halogens is 4. The van der Waals surface area contributed by atoms with Crippen LogP contribution in [0, 0.1) is 18.5 Å². The highest BCUT2D eigenvalue weighted by atomic mass is 127. The van der Waals surface area contributed by atoms with Gasteiger partial charge in [0.05, 0.1) is 21.1 Å². The molecule has 146 valence electrons. The molecule has 29 heavy (non-hydrogen) atoms. The van der Waals surface area contributed by atoms with Crippen LogP contribution in [0.4, 0.5) is 5.69 Å². The molecular weight excluding hydrogens is 637 g/mol. The third kappa shape index (κ3) is 5.15. The molecule has 1 amide bonds. The van der Waals surface area contributed by atoms with Gasteiger partial charge in [-0.25, -0.2) is 0 Å². The lowest BCUT2D eigenvalue weighted by molar-refractivity contribution is 0.102. The largest absolute Gasteiger partial charge is 0.506 e. The first-order valence-electron chi connectivity index (χ1n) is 8.24. The number of carbonyl (C=O) groups is 1. The summed E-state index contributed by atoms with van der Waals surface area (Å²) in [4.78, 5) is 12.6. The van der Waals surface area contributed by atoms with Crippen LogP contribution in [0.2, 0.25) is 10.0 Å². The summed E-state index contributed by atoms with van der Waals surface area (Å²) < 4.78 is 1.43. The van der Waals surface area contributed by atoms with Crippen LogP contribution in [0.15, 0.2) is 54.6 Å². The number of benzene rings is 3. The highest BCUT2D eigenvalue weighted by Gasteiger charge is 2.19. The predicted molar refractivity (Wildman–Crippen MR) is 132 cm³/mol. The number of nitrogens with one attached hydrogen (secondary N) is 1. The fraction of sp³-hybridized carbons (Fsp3) is 0.0476. The third-order valence-corrected chi connectivity index (χ3v) is 6.20. The van der Waals surface area contributed by atoms with Crippen LogP contribution in [0.5, 0.6) is 5.75 Å². The molecule has 0 radical (unpaired) electrons. The average Bonchev–Trinajstić information content (AvgIpc) is 2.68. The van der Waals surface area contributed by atoms with Crippen molar-refractivity contribution in [2.24, 2.45) is 0 Å². The molecule has 1 unspecified atom stereocenters. The molecule has 1 atom stereocenters. The van der Waals surface area contributed by atoms with E-state index < -0.39 is 11.8 Å². The van der Waals surface area contributed by atoms with Gasteiger partial charge in [0.2, 0.25) is 0 Å². The quantitative estimate of drug-likeness (QED) is 0.305. The minimum atomic E-state index is -0.564. The van der Waals surface area contributed by atoms with Crippen LogP contribution in [-0.2, 0) is 0 Å². The molecule has 4 nitrogen and oxygen atoms in total. The molecule has 0 aliphatic heterocycles. The van der Waals surface area contributed by atoms with Crippen molar-refractivity contribution in [1.29, 1.82) is 5.26 Å². The number of nitriles is 1. The summed E-state index contributed by atoms with van der Waals surface area (Å²) in [6.45, 7) is 0. The molecule has 0 aliphatic carbocycles. The van der Waals surface area contributed by atoms with Crippen LogP contribution in [-0.4, -0.2) is 11.0 Å². The van der Waals surface area contributed by atoms with Gasteiger partial charge in [0.1, 0.15) is 5.75 Å². The van der Waals surface area contributed by atoms with Gasteiger partial charge in [-0.05, 0) is 92.7 Å². The van der Waals surface area contributed by atoms with Crippen LogP contribution < -0.4 is 5.32 Å². The van der Waals surface area contributed by atoms with E-state index >= 15 is 0 Å². The van der Waals surface area contributed by atoms with Crippen molar-refractivity contribution in [1.82, 2.24) is 0 Å². The van der Waals surface area contributed by atoms with Gasteiger partial charge < -0.3 is 10.4 Å². The maximum atomic E-state index is 12.6. The minimum absolute atomic E-state index is 0.0708. The van der Waals surface area contributed by atoms with E-state index in [1.54, 1.807) is 54.6 Å². The fourth-order valence-corrected chi connectivity index (χ4v) is 5.02. The number of aromatic hydroxyl groups is 1. The number of phenolic OH excluding ortho intramolecular Hbond substituents is 1. The number of hydrogen-bond acceptors (Lipinski definition) is 3. The Kier molecular flexibility index (Phi) is 7.27. The monoisotopic (exact) mass is 648 g/mol. The lowest BCUT2D eigenvalue weighted by atomic mass is 9.92. The van der Waals surface area contributed by atoms with Crippen molar-refractivity contribution in [3.63, 3.8) is 0 Å². The summed E-state index contributed by atoms with van der Waals surface area (Å²) in [5.74, 6) is -1.08. The average molecular weight is 649 g/mol. The van der Waals surface area contributed by atoms with Crippen molar-refractivity contribution in [2.75, 3.05) is 5.32 Å². The SMILES string of the molecule is N#CC(c1ccc(Cl)cc1)c1ccc(NC(=O)c2cc(I)cc(I)c2O)cc1Cl. The van der Waals surface area contributed by atoms with Crippen LogP contribution in [0.1, 0.15) is 27.4 Å². The molecule has 0 saturated carbocycles. The van der Waals surface area contributed by atoms with E-state index in [4.69, 9.17) is 23.2 Å². The van der Waals surface area contributed by atoms with Gasteiger partial charge in [0.25, 0.3) is 5.91 Å². The standard InChI is InChI=1S/C21H12Cl2I2N2O2/c22-12-3-1-11(2-4-12)17(10-26)15-6-5-14(9-18(15)23)27-21(29)16-7-13(24)8-19(25)20(16)28/h1-9,17,28H,(H,27,29). The smallest absolute Gasteiger partial charge is 0.259 e. The highest BCUT2D eigenvalue weighted by molar-refractivity contribution is 14.1. The molecule has 0 bridgehead atoms. The maximum Gasteiger partial charge on any atom is 0.259 e. The topological polar surface area (TPSA) is 73.1 Å². The van der Waals surface area contributed by atoms with Gasteiger partial charge in [-0.2, -0.15) is 5.26 Å². The molecule has 3 aromatic rings. The van der Waals surface area contributed by atoms with Crippen LogP contribution in [0.3, 0.4) is 0 Å². The summed E-state index contributed by atoms with van der Waals surface area (Å²) >= 11 is 16.4. The van der Waals surface area contributed by atoms with Crippen LogP contribution in [0.25, 0.3) is 0 Å². The Balaban J connectivity index is 1.87. The molecule has 3 rings (SSSR count). The van der Waals surface area contributed by atoms with Gasteiger partial charge in [-0.1, -0.05) is 41.4 Å². The summed E-state index contributed by atoms with van der Waals surface area (Å²) in [6, 6.07) is 17.6. The summed E-state index contributed by atoms with van der Waals surface area (Å²) in [6.07, 6.45) is 0. The highest BCUT2D eigenvalue weighted by Crippen LogP contribution is 2.33. The van der Waals surface area contributed by atoms with E-state index in [0.29, 0.717) is 24.9 Å². The first-order valence-corrected chi connectivity index (χ1v) is 11.2. The van der Waals surface area contributed by atoms with Crippen molar-refractivity contribution in [3.8, 4) is 11.8 Å². The molecular formula is C21H12Cl2I2N2O2. The Bertz CT molecular complexity index is 1130. The molecule has 0 aliphatic rings. The van der Waals surface area contributed by atoms with Crippen molar-refractivity contribution in [2.45, 2.75) is 5.92 Å². The Morgan fingerprint density at radius 2 is 1.76 bits per heavy atom. The van der Waals surface area contributed by atoms with Gasteiger partial charge >= 0.3 is 0 Å². The van der Waals surface area contributed by atoms with Gasteiger partial charge in [-0.3, -0.25) is 4.79 Å². The van der Waals surface area contributed by atoms with Crippen molar-refractivity contribution >= 4 is 80.0 Å². The van der Waals surface area contributed by atoms with Gasteiger partial charge in [0, 0.05) is 19.3 Å². The predicted octanol–water partition coefficient (Wildman–Crippen LogP) is 6.82. The number of anilines is 1. The molecule has 0 heterocycles. The van der Waals surface area contributed by atoms with Crippen LogP contribution >= 0.6 is 68.4 Å². The van der Waals surface area contributed by atoms with E-state index in [2.05, 4.69) is 34.0 Å². The van der Waals surface area contributed by atoms with E-state index in [-0.39, 0.29) is 11.3 Å². The molecule has 0 saturated heterocycles. The third-order valence-electron chi connectivity index (χ3n) is 4.17. The van der Waals surface area contributed by atoms with E-state index in [1.807, 2.05) is 22.6 Å². The van der Waals surface area contributed by atoms with Gasteiger partial charge in [0.15, 0.2) is 0 Å². The number of rotatable bonds is 4. The molecule has 0 spiro atoms. The summed E-state index contributed by atoms with van der Waals surface area (Å²) in [5.41, 5.74) is 2.04.